The van der Waals surface area contributed by atoms with Gasteiger partial charge in [-0.2, -0.15) is 0 Å². The highest BCUT2D eigenvalue weighted by Crippen LogP contribution is 2.23. The van der Waals surface area contributed by atoms with Crippen molar-refractivity contribution in [2.45, 2.75) is 46.0 Å². The first-order valence-corrected chi connectivity index (χ1v) is 8.24. The Kier molecular flexibility index (Phi) is 8.15. The van der Waals surface area contributed by atoms with Crippen LogP contribution in [0.2, 0.25) is 0 Å². The molecule has 0 saturated heterocycles. The average molecular weight is 318 g/mol. The smallest absolute Gasteiger partial charge is 0.0701 e. The molecule has 1 aromatic heterocycles. The molecule has 1 heterocycles. The third kappa shape index (κ3) is 7.96. The molecule has 0 fully saturated rings. The van der Waals surface area contributed by atoms with Gasteiger partial charge in [-0.3, -0.25) is 0 Å². The minimum atomic E-state index is 0.771. The summed E-state index contributed by atoms with van der Waals surface area (Å²) in [5.74, 6) is 0.771. The number of thiophene rings is 1. The molecule has 0 aliphatic rings. The van der Waals surface area contributed by atoms with Gasteiger partial charge in [0, 0.05) is 4.88 Å². The number of hydrogen-bond donors (Lipinski definition) is 1. The standard InChI is InChI=1S/C14H24BrNS/c1-12(2)11-16-10-6-4-3-5-7-13-8-9-14(15)17-13/h8-9,12,16H,3-7,10-11H2,1-2H3. The second-order valence-electron chi connectivity index (χ2n) is 4.97. The van der Waals surface area contributed by atoms with Gasteiger partial charge in [-0.05, 0) is 66.3 Å². The van der Waals surface area contributed by atoms with Crippen LogP contribution in [0.5, 0.6) is 0 Å². The summed E-state index contributed by atoms with van der Waals surface area (Å²) in [7, 11) is 0. The molecule has 0 bridgehead atoms. The van der Waals surface area contributed by atoms with E-state index in [1.165, 1.54) is 47.3 Å². The highest BCUT2D eigenvalue weighted by molar-refractivity contribution is 9.11. The van der Waals surface area contributed by atoms with Crippen LogP contribution >= 0.6 is 27.3 Å². The van der Waals surface area contributed by atoms with Crippen molar-refractivity contribution in [2.24, 2.45) is 5.92 Å². The van der Waals surface area contributed by atoms with Crippen molar-refractivity contribution >= 4 is 27.3 Å². The Labute approximate surface area is 118 Å². The third-order valence-electron chi connectivity index (χ3n) is 2.71. The van der Waals surface area contributed by atoms with Crippen LogP contribution in [0.15, 0.2) is 15.9 Å². The molecule has 1 nitrogen and oxygen atoms in total. The lowest BCUT2D eigenvalue weighted by molar-refractivity contribution is 0.526. The van der Waals surface area contributed by atoms with Gasteiger partial charge in [-0.1, -0.05) is 26.7 Å². The number of aryl methyl sites for hydroxylation is 1. The van der Waals surface area contributed by atoms with Crippen molar-refractivity contribution < 1.29 is 0 Å². The predicted octanol–water partition coefficient (Wildman–Crippen LogP) is 4.86. The molecule has 0 aliphatic heterocycles. The highest BCUT2D eigenvalue weighted by atomic mass is 79.9. The maximum Gasteiger partial charge on any atom is 0.0701 e. The fourth-order valence-electron chi connectivity index (χ4n) is 1.78. The maximum absolute atomic E-state index is 3.51. The lowest BCUT2D eigenvalue weighted by Crippen LogP contribution is -2.20. The average Bonchev–Trinajstić information content (AvgIpc) is 2.68. The zero-order chi connectivity index (χ0) is 12.5. The molecule has 98 valence electrons. The van der Waals surface area contributed by atoms with E-state index in [0.29, 0.717) is 0 Å². The molecule has 1 rings (SSSR count). The molecule has 1 N–H and O–H groups in total. The normalized spacial score (nSPS) is 11.3. The van der Waals surface area contributed by atoms with E-state index in [1.807, 2.05) is 11.3 Å². The van der Waals surface area contributed by atoms with Gasteiger partial charge < -0.3 is 5.32 Å². The molecule has 0 unspecified atom stereocenters. The van der Waals surface area contributed by atoms with Gasteiger partial charge in [0.2, 0.25) is 0 Å². The van der Waals surface area contributed by atoms with E-state index in [9.17, 15) is 0 Å². The molecule has 0 atom stereocenters. The summed E-state index contributed by atoms with van der Waals surface area (Å²) in [6, 6.07) is 4.38. The van der Waals surface area contributed by atoms with Gasteiger partial charge in [-0.25, -0.2) is 0 Å². The second-order valence-corrected chi connectivity index (χ2v) is 7.52. The van der Waals surface area contributed by atoms with Crippen LogP contribution in [0.4, 0.5) is 0 Å². The predicted molar refractivity (Wildman–Crippen MR) is 81.9 cm³/mol. The maximum atomic E-state index is 3.51. The number of halogens is 1. The number of hydrogen-bond acceptors (Lipinski definition) is 2. The second kappa shape index (κ2) is 9.12. The first-order valence-electron chi connectivity index (χ1n) is 6.63. The van der Waals surface area contributed by atoms with Crippen molar-refractivity contribution in [1.82, 2.24) is 5.32 Å². The molecule has 17 heavy (non-hydrogen) atoms. The van der Waals surface area contributed by atoms with E-state index in [2.05, 4.69) is 47.2 Å². The SMILES string of the molecule is CC(C)CNCCCCCCc1ccc(Br)s1. The molecular formula is C14H24BrNS. The number of unbranched alkanes of at least 4 members (excludes halogenated alkanes) is 3. The first-order chi connectivity index (χ1) is 8.18. The molecule has 0 spiro atoms. The quantitative estimate of drug-likeness (QED) is 0.641. The van der Waals surface area contributed by atoms with Crippen molar-refractivity contribution in [2.75, 3.05) is 13.1 Å². The summed E-state index contributed by atoms with van der Waals surface area (Å²) < 4.78 is 1.25. The van der Waals surface area contributed by atoms with E-state index in [0.717, 1.165) is 12.5 Å². The van der Waals surface area contributed by atoms with E-state index < -0.39 is 0 Å². The first kappa shape index (κ1) is 15.2. The molecular weight excluding hydrogens is 294 g/mol. The Bertz CT molecular complexity index is 296. The highest BCUT2D eigenvalue weighted by Gasteiger charge is 1.98. The van der Waals surface area contributed by atoms with Gasteiger partial charge in [0.1, 0.15) is 0 Å². The summed E-state index contributed by atoms with van der Waals surface area (Å²) in [5, 5.41) is 3.49. The van der Waals surface area contributed by atoms with Crippen LogP contribution in [-0.4, -0.2) is 13.1 Å². The van der Waals surface area contributed by atoms with E-state index >= 15 is 0 Å². The molecule has 0 aliphatic carbocycles. The van der Waals surface area contributed by atoms with Crippen LogP contribution in [-0.2, 0) is 6.42 Å². The van der Waals surface area contributed by atoms with Gasteiger partial charge >= 0.3 is 0 Å². The molecule has 0 radical (unpaired) electrons. The van der Waals surface area contributed by atoms with Crippen molar-refractivity contribution in [1.29, 1.82) is 0 Å². The summed E-state index contributed by atoms with van der Waals surface area (Å²) >= 11 is 5.37. The summed E-state index contributed by atoms with van der Waals surface area (Å²) in [4.78, 5) is 1.51. The Morgan fingerprint density at radius 3 is 2.59 bits per heavy atom. The summed E-state index contributed by atoms with van der Waals surface area (Å²) in [6.45, 7) is 6.85. The van der Waals surface area contributed by atoms with E-state index in [1.54, 1.807) is 0 Å². The monoisotopic (exact) mass is 317 g/mol. The van der Waals surface area contributed by atoms with Crippen molar-refractivity contribution in [3.63, 3.8) is 0 Å². The van der Waals surface area contributed by atoms with Gasteiger partial charge in [-0.15, -0.1) is 11.3 Å². The summed E-state index contributed by atoms with van der Waals surface area (Å²) in [5.41, 5.74) is 0. The molecule has 1 aromatic rings. The molecule has 3 heteroatoms. The number of nitrogens with one attached hydrogen (secondary N) is 1. The summed E-state index contributed by atoms with van der Waals surface area (Å²) in [6.07, 6.45) is 6.62. The van der Waals surface area contributed by atoms with Crippen LogP contribution in [0, 0.1) is 5.92 Å². The Balaban J connectivity index is 1.88. The Hall–Kier alpha value is 0.140. The van der Waals surface area contributed by atoms with E-state index in [4.69, 9.17) is 0 Å². The largest absolute Gasteiger partial charge is 0.316 e. The van der Waals surface area contributed by atoms with Crippen LogP contribution in [0.3, 0.4) is 0 Å². The van der Waals surface area contributed by atoms with Crippen LogP contribution < -0.4 is 5.32 Å². The Morgan fingerprint density at radius 2 is 1.94 bits per heavy atom. The third-order valence-corrected chi connectivity index (χ3v) is 4.39. The topological polar surface area (TPSA) is 12.0 Å². The van der Waals surface area contributed by atoms with Crippen molar-refractivity contribution in [3.8, 4) is 0 Å². The molecule has 0 saturated carbocycles. The fourth-order valence-corrected chi connectivity index (χ4v) is 3.30. The molecule has 0 amide bonds. The van der Waals surface area contributed by atoms with E-state index in [-0.39, 0.29) is 0 Å². The van der Waals surface area contributed by atoms with Gasteiger partial charge in [0.05, 0.1) is 3.79 Å². The minimum Gasteiger partial charge on any atom is -0.316 e. The minimum absolute atomic E-state index is 0.771. The number of rotatable bonds is 9. The molecule has 0 aromatic carbocycles. The van der Waals surface area contributed by atoms with Crippen LogP contribution in [0.25, 0.3) is 0 Å². The fraction of sp³-hybridized carbons (Fsp3) is 0.714. The van der Waals surface area contributed by atoms with Crippen molar-refractivity contribution in [3.05, 3.63) is 20.8 Å². The zero-order valence-corrected chi connectivity index (χ0v) is 13.4. The zero-order valence-electron chi connectivity index (χ0n) is 11.0. The van der Waals surface area contributed by atoms with Crippen LogP contribution in [0.1, 0.15) is 44.4 Å². The van der Waals surface area contributed by atoms with Gasteiger partial charge in [0.15, 0.2) is 0 Å². The lowest BCUT2D eigenvalue weighted by atomic mass is 10.1. The Morgan fingerprint density at radius 1 is 1.18 bits per heavy atom. The van der Waals surface area contributed by atoms with Gasteiger partial charge in [0.25, 0.3) is 0 Å². The lowest BCUT2D eigenvalue weighted by Gasteiger charge is -2.06.